The van der Waals surface area contributed by atoms with Gasteiger partial charge in [0.2, 0.25) is 5.91 Å². The number of thiazole rings is 1. The van der Waals surface area contributed by atoms with Gasteiger partial charge >= 0.3 is 0 Å². The van der Waals surface area contributed by atoms with Crippen LogP contribution in [0.4, 0.5) is 15.2 Å². The molecule has 4 nitrogen and oxygen atoms in total. The summed E-state index contributed by atoms with van der Waals surface area (Å²) in [5, 5.41) is 5.95. The number of anilines is 2. The fourth-order valence-corrected chi connectivity index (χ4v) is 4.15. The van der Waals surface area contributed by atoms with E-state index in [0.29, 0.717) is 0 Å². The van der Waals surface area contributed by atoms with Crippen molar-refractivity contribution in [3.8, 4) is 11.3 Å². The van der Waals surface area contributed by atoms with Crippen LogP contribution in [0.3, 0.4) is 0 Å². The van der Waals surface area contributed by atoms with Gasteiger partial charge in [-0.3, -0.25) is 4.79 Å². The van der Waals surface area contributed by atoms with Crippen molar-refractivity contribution in [1.29, 1.82) is 0 Å². The topological polar surface area (TPSA) is 45.2 Å². The van der Waals surface area contributed by atoms with E-state index >= 15 is 0 Å². The molecule has 1 N–H and O–H groups in total. The number of nitrogens with zero attached hydrogens (tertiary/aromatic N) is 2. The SMILES string of the molecule is O=C(Nc1ccccc1)C1CCN(c2nc(-c3ccc(F)cc3)cs2)CC1. The Balaban J connectivity index is 1.35. The van der Waals surface area contributed by atoms with Gasteiger partial charge in [-0.25, -0.2) is 9.37 Å². The zero-order chi connectivity index (χ0) is 18.6. The molecule has 1 aromatic heterocycles. The number of para-hydroxylation sites is 1. The maximum Gasteiger partial charge on any atom is 0.227 e. The second kappa shape index (κ2) is 7.88. The second-order valence-electron chi connectivity index (χ2n) is 6.64. The number of nitrogens with one attached hydrogen (secondary N) is 1. The lowest BCUT2D eigenvalue weighted by Crippen LogP contribution is -2.38. The number of carbonyl (C=O) groups is 1. The number of benzene rings is 2. The van der Waals surface area contributed by atoms with E-state index in [-0.39, 0.29) is 17.6 Å². The molecule has 0 bridgehead atoms. The Bertz CT molecular complexity index is 903. The predicted octanol–water partition coefficient (Wildman–Crippen LogP) is 4.80. The molecule has 138 valence electrons. The highest BCUT2D eigenvalue weighted by Crippen LogP contribution is 2.30. The zero-order valence-electron chi connectivity index (χ0n) is 14.8. The molecule has 6 heteroatoms. The van der Waals surface area contributed by atoms with Crippen molar-refractivity contribution in [3.05, 3.63) is 65.8 Å². The molecule has 0 radical (unpaired) electrons. The van der Waals surface area contributed by atoms with Crippen molar-refractivity contribution >= 4 is 28.1 Å². The largest absolute Gasteiger partial charge is 0.348 e. The standard InChI is InChI=1S/C21H20FN3OS/c22-17-8-6-15(7-9-17)19-14-27-21(24-19)25-12-10-16(11-13-25)20(26)23-18-4-2-1-3-5-18/h1-9,14,16H,10-13H2,(H,23,26). The smallest absolute Gasteiger partial charge is 0.227 e. The normalized spacial score (nSPS) is 14.9. The van der Waals surface area contributed by atoms with Crippen LogP contribution in [0.5, 0.6) is 0 Å². The number of amides is 1. The van der Waals surface area contributed by atoms with Gasteiger partial charge in [0.1, 0.15) is 5.82 Å². The Morgan fingerprint density at radius 2 is 1.78 bits per heavy atom. The van der Waals surface area contributed by atoms with E-state index < -0.39 is 0 Å². The highest BCUT2D eigenvalue weighted by molar-refractivity contribution is 7.14. The Kier molecular flexibility index (Phi) is 5.16. The molecule has 0 saturated carbocycles. The number of halogens is 1. The molecule has 3 aromatic rings. The molecular formula is C21H20FN3OS. The summed E-state index contributed by atoms with van der Waals surface area (Å²) in [6.07, 6.45) is 1.62. The van der Waals surface area contributed by atoms with Gasteiger partial charge in [-0.2, -0.15) is 0 Å². The zero-order valence-corrected chi connectivity index (χ0v) is 15.6. The molecule has 1 amide bonds. The van der Waals surface area contributed by atoms with E-state index in [1.54, 1.807) is 23.5 Å². The molecule has 4 rings (SSSR count). The summed E-state index contributed by atoms with van der Waals surface area (Å²) in [5.74, 6) is -0.130. The first-order valence-corrected chi connectivity index (χ1v) is 9.89. The Morgan fingerprint density at radius 3 is 2.48 bits per heavy atom. The summed E-state index contributed by atoms with van der Waals surface area (Å²) in [5.41, 5.74) is 2.61. The quantitative estimate of drug-likeness (QED) is 0.706. The van der Waals surface area contributed by atoms with Crippen LogP contribution in [0.25, 0.3) is 11.3 Å². The van der Waals surface area contributed by atoms with Crippen LogP contribution in [0.1, 0.15) is 12.8 Å². The minimum Gasteiger partial charge on any atom is -0.348 e. The van der Waals surface area contributed by atoms with E-state index in [1.807, 2.05) is 35.7 Å². The molecule has 0 aliphatic carbocycles. The Hall–Kier alpha value is -2.73. The molecule has 1 fully saturated rings. The van der Waals surface area contributed by atoms with Gasteiger partial charge in [0.25, 0.3) is 0 Å². The van der Waals surface area contributed by atoms with Crippen molar-refractivity contribution in [1.82, 2.24) is 4.98 Å². The molecule has 27 heavy (non-hydrogen) atoms. The average molecular weight is 381 g/mol. The second-order valence-corrected chi connectivity index (χ2v) is 7.48. The van der Waals surface area contributed by atoms with Crippen molar-refractivity contribution in [3.63, 3.8) is 0 Å². The summed E-state index contributed by atoms with van der Waals surface area (Å²) in [7, 11) is 0. The van der Waals surface area contributed by atoms with Crippen LogP contribution in [-0.4, -0.2) is 24.0 Å². The lowest BCUT2D eigenvalue weighted by molar-refractivity contribution is -0.120. The molecule has 2 aromatic carbocycles. The Morgan fingerprint density at radius 1 is 1.07 bits per heavy atom. The summed E-state index contributed by atoms with van der Waals surface area (Å²) in [6, 6.07) is 16.0. The first kappa shape index (κ1) is 17.7. The molecule has 1 aliphatic heterocycles. The number of carbonyl (C=O) groups excluding carboxylic acids is 1. The predicted molar refractivity (Wildman–Crippen MR) is 108 cm³/mol. The number of piperidine rings is 1. The molecule has 0 unspecified atom stereocenters. The van der Waals surface area contributed by atoms with Crippen LogP contribution >= 0.6 is 11.3 Å². The van der Waals surface area contributed by atoms with Gasteiger partial charge in [-0.1, -0.05) is 18.2 Å². The fourth-order valence-electron chi connectivity index (χ4n) is 3.26. The van der Waals surface area contributed by atoms with Crippen molar-refractivity contribution in [2.75, 3.05) is 23.3 Å². The van der Waals surface area contributed by atoms with Gasteiger partial charge < -0.3 is 10.2 Å². The summed E-state index contributed by atoms with van der Waals surface area (Å²) in [4.78, 5) is 19.4. The maximum absolute atomic E-state index is 13.1. The molecule has 2 heterocycles. The van der Waals surface area contributed by atoms with Gasteiger partial charge in [0.15, 0.2) is 5.13 Å². The van der Waals surface area contributed by atoms with Crippen molar-refractivity contribution in [2.45, 2.75) is 12.8 Å². The summed E-state index contributed by atoms with van der Waals surface area (Å²) < 4.78 is 13.1. The third kappa shape index (κ3) is 4.17. The molecule has 1 aliphatic rings. The first-order chi connectivity index (χ1) is 13.2. The molecule has 0 spiro atoms. The van der Waals surface area contributed by atoms with Gasteiger partial charge in [-0.15, -0.1) is 11.3 Å². The average Bonchev–Trinajstić information content (AvgIpc) is 3.20. The molecular weight excluding hydrogens is 361 g/mol. The van der Waals surface area contributed by atoms with Crippen molar-refractivity contribution < 1.29 is 9.18 Å². The monoisotopic (exact) mass is 381 g/mol. The third-order valence-corrected chi connectivity index (χ3v) is 5.71. The van der Waals surface area contributed by atoms with Crippen LogP contribution in [0.2, 0.25) is 0 Å². The lowest BCUT2D eigenvalue weighted by atomic mass is 9.96. The van der Waals surface area contributed by atoms with E-state index in [2.05, 4.69) is 10.2 Å². The van der Waals surface area contributed by atoms with Crippen molar-refractivity contribution in [2.24, 2.45) is 5.92 Å². The highest BCUT2D eigenvalue weighted by Gasteiger charge is 2.26. The third-order valence-electron chi connectivity index (χ3n) is 4.81. The lowest BCUT2D eigenvalue weighted by Gasteiger charge is -2.31. The minimum absolute atomic E-state index is 0.0259. The van der Waals surface area contributed by atoms with Crippen LogP contribution in [0.15, 0.2) is 60.0 Å². The minimum atomic E-state index is -0.245. The molecule has 0 atom stereocenters. The highest BCUT2D eigenvalue weighted by atomic mass is 32.1. The maximum atomic E-state index is 13.1. The van der Waals surface area contributed by atoms with Crippen LogP contribution in [-0.2, 0) is 4.79 Å². The van der Waals surface area contributed by atoms with E-state index in [1.165, 1.54) is 12.1 Å². The van der Waals surface area contributed by atoms with Gasteiger partial charge in [0, 0.05) is 35.6 Å². The number of rotatable bonds is 4. The fraction of sp³-hybridized carbons (Fsp3) is 0.238. The molecule has 1 saturated heterocycles. The van der Waals surface area contributed by atoms with Gasteiger partial charge in [0.05, 0.1) is 5.69 Å². The van der Waals surface area contributed by atoms with Crippen LogP contribution in [0, 0.1) is 11.7 Å². The van der Waals surface area contributed by atoms with Gasteiger partial charge in [-0.05, 0) is 49.2 Å². The van der Waals surface area contributed by atoms with E-state index in [9.17, 15) is 9.18 Å². The van der Waals surface area contributed by atoms with Crippen LogP contribution < -0.4 is 10.2 Å². The van der Waals surface area contributed by atoms with E-state index in [0.717, 1.165) is 48.0 Å². The Labute approximate surface area is 161 Å². The number of hydrogen-bond acceptors (Lipinski definition) is 4. The van der Waals surface area contributed by atoms with E-state index in [4.69, 9.17) is 4.98 Å². The summed E-state index contributed by atoms with van der Waals surface area (Å²) in [6.45, 7) is 1.62. The first-order valence-electron chi connectivity index (χ1n) is 9.01. The number of hydrogen-bond donors (Lipinski definition) is 1. The summed E-state index contributed by atoms with van der Waals surface area (Å²) >= 11 is 1.59. The number of aromatic nitrogens is 1.